The lowest BCUT2D eigenvalue weighted by Gasteiger charge is -2.12. The van der Waals surface area contributed by atoms with Gasteiger partial charge in [0.15, 0.2) is 5.43 Å². The van der Waals surface area contributed by atoms with Crippen LogP contribution in [-0.2, 0) is 6.18 Å². The van der Waals surface area contributed by atoms with Crippen molar-refractivity contribution in [3.63, 3.8) is 0 Å². The summed E-state index contributed by atoms with van der Waals surface area (Å²) in [6.07, 6.45) is -4.62. The first-order valence-electron chi connectivity index (χ1n) is 5.23. The van der Waals surface area contributed by atoms with E-state index in [1.807, 2.05) is 0 Å². The van der Waals surface area contributed by atoms with Crippen LogP contribution in [0.2, 0.25) is 5.02 Å². The molecule has 1 N–H and O–H groups in total. The van der Waals surface area contributed by atoms with Crippen molar-refractivity contribution in [2.45, 2.75) is 13.1 Å². The number of H-pyrrole nitrogens is 1. The van der Waals surface area contributed by atoms with Crippen LogP contribution < -0.4 is 10.2 Å². The van der Waals surface area contributed by atoms with Crippen LogP contribution >= 0.6 is 11.6 Å². The Kier molecular flexibility index (Phi) is 3.22. The van der Waals surface area contributed by atoms with Gasteiger partial charge in [-0.3, -0.25) is 4.79 Å². The predicted octanol–water partition coefficient (Wildman–Crippen LogP) is 3.52. The number of nitrogens with one attached hydrogen (secondary N) is 1. The summed E-state index contributed by atoms with van der Waals surface area (Å²) in [5.41, 5.74) is -2.12. The molecule has 19 heavy (non-hydrogen) atoms. The molecule has 0 radical (unpaired) electrons. The fourth-order valence-electron chi connectivity index (χ4n) is 1.83. The quantitative estimate of drug-likeness (QED) is 0.873. The van der Waals surface area contributed by atoms with Gasteiger partial charge in [-0.2, -0.15) is 13.2 Å². The van der Waals surface area contributed by atoms with E-state index in [2.05, 4.69) is 4.98 Å². The second kappa shape index (κ2) is 4.45. The molecule has 0 fully saturated rings. The minimum atomic E-state index is -4.62. The van der Waals surface area contributed by atoms with E-state index < -0.39 is 17.3 Å². The molecule has 0 atom stereocenters. The van der Waals surface area contributed by atoms with E-state index in [1.54, 1.807) is 0 Å². The van der Waals surface area contributed by atoms with Crippen molar-refractivity contribution >= 4 is 22.5 Å². The van der Waals surface area contributed by atoms with Gasteiger partial charge in [0.05, 0.1) is 17.6 Å². The summed E-state index contributed by atoms with van der Waals surface area (Å²) >= 11 is 5.86. The van der Waals surface area contributed by atoms with E-state index in [0.29, 0.717) is 0 Å². The first-order chi connectivity index (χ1) is 8.75. The number of pyridine rings is 1. The Hall–Kier alpha value is -1.69. The van der Waals surface area contributed by atoms with Crippen LogP contribution in [0.15, 0.2) is 16.9 Å². The third kappa shape index (κ3) is 2.28. The monoisotopic (exact) mass is 291 g/mol. The summed E-state index contributed by atoms with van der Waals surface area (Å²) in [6, 6.07) is 2.56. The van der Waals surface area contributed by atoms with Crippen molar-refractivity contribution in [3.05, 3.63) is 38.6 Å². The van der Waals surface area contributed by atoms with Gasteiger partial charge in [-0.15, -0.1) is 0 Å². The number of ether oxygens (including phenoxy) is 1. The molecular weight excluding hydrogens is 283 g/mol. The number of benzene rings is 1. The fraction of sp³-hybridized carbons (Fsp3) is 0.250. The SMILES string of the molecule is COc1cc2[nH]c(C(F)(F)F)c(C)c(=O)c2cc1Cl. The van der Waals surface area contributed by atoms with Crippen molar-refractivity contribution in [3.8, 4) is 5.75 Å². The lowest BCUT2D eigenvalue weighted by molar-refractivity contribution is -0.141. The third-order valence-corrected chi connectivity index (χ3v) is 3.09. The van der Waals surface area contributed by atoms with Crippen molar-refractivity contribution in [2.75, 3.05) is 7.11 Å². The molecule has 1 heterocycles. The molecule has 1 aromatic heterocycles. The van der Waals surface area contributed by atoms with E-state index in [0.717, 1.165) is 6.92 Å². The van der Waals surface area contributed by atoms with Crippen molar-refractivity contribution in [1.82, 2.24) is 4.98 Å². The van der Waals surface area contributed by atoms with Crippen LogP contribution in [-0.4, -0.2) is 12.1 Å². The number of aromatic nitrogens is 1. The maximum Gasteiger partial charge on any atom is 0.431 e. The maximum atomic E-state index is 12.8. The van der Waals surface area contributed by atoms with E-state index >= 15 is 0 Å². The van der Waals surface area contributed by atoms with E-state index in [-0.39, 0.29) is 27.2 Å². The zero-order chi connectivity index (χ0) is 14.4. The summed E-state index contributed by atoms with van der Waals surface area (Å²) in [4.78, 5) is 14.1. The van der Waals surface area contributed by atoms with Crippen LogP contribution in [0.1, 0.15) is 11.3 Å². The molecule has 102 valence electrons. The van der Waals surface area contributed by atoms with Crippen LogP contribution in [0.4, 0.5) is 13.2 Å². The van der Waals surface area contributed by atoms with E-state index in [4.69, 9.17) is 16.3 Å². The highest BCUT2D eigenvalue weighted by Crippen LogP contribution is 2.32. The molecule has 0 aliphatic rings. The molecule has 1 aromatic carbocycles. The Labute approximate surface area is 111 Å². The average molecular weight is 292 g/mol. The highest BCUT2D eigenvalue weighted by atomic mass is 35.5. The molecule has 0 aliphatic carbocycles. The summed E-state index contributed by atoms with van der Waals surface area (Å²) in [7, 11) is 1.34. The normalized spacial score (nSPS) is 11.9. The number of alkyl halides is 3. The van der Waals surface area contributed by atoms with Gasteiger partial charge in [0.25, 0.3) is 0 Å². The molecular formula is C12H9ClF3NO2. The molecule has 7 heteroatoms. The summed E-state index contributed by atoms with van der Waals surface area (Å²) < 4.78 is 43.3. The Morgan fingerprint density at radius 2 is 1.95 bits per heavy atom. The van der Waals surface area contributed by atoms with Crippen LogP contribution in [0.3, 0.4) is 0 Å². The Bertz CT molecular complexity index is 707. The number of rotatable bonds is 1. The van der Waals surface area contributed by atoms with Gasteiger partial charge < -0.3 is 9.72 Å². The van der Waals surface area contributed by atoms with Crippen LogP contribution in [0.25, 0.3) is 10.9 Å². The predicted molar refractivity (Wildman–Crippen MR) is 65.9 cm³/mol. The molecule has 0 amide bonds. The Balaban J connectivity index is 2.89. The molecule has 0 unspecified atom stereocenters. The van der Waals surface area contributed by atoms with Crippen molar-refractivity contribution < 1.29 is 17.9 Å². The second-order valence-corrected chi connectivity index (χ2v) is 4.39. The lowest BCUT2D eigenvalue weighted by Crippen LogP contribution is -2.18. The molecule has 0 spiro atoms. The fourth-order valence-corrected chi connectivity index (χ4v) is 2.07. The zero-order valence-electron chi connectivity index (χ0n) is 9.98. The standard InChI is InChI=1S/C12H9ClF3NO2/c1-5-10(18)6-3-7(13)9(19-2)4-8(6)17-11(5)12(14,15)16/h3-4H,1-2H3,(H,17,18). The first kappa shape index (κ1) is 13.7. The van der Waals surface area contributed by atoms with Gasteiger partial charge in [-0.1, -0.05) is 11.6 Å². The van der Waals surface area contributed by atoms with Gasteiger partial charge >= 0.3 is 6.18 Å². The highest BCUT2D eigenvalue weighted by molar-refractivity contribution is 6.32. The smallest absolute Gasteiger partial charge is 0.431 e. The molecule has 0 saturated heterocycles. The Morgan fingerprint density at radius 3 is 2.47 bits per heavy atom. The van der Waals surface area contributed by atoms with E-state index in [1.165, 1.54) is 19.2 Å². The number of methoxy groups -OCH3 is 1. The van der Waals surface area contributed by atoms with Crippen LogP contribution in [0, 0.1) is 6.92 Å². The topological polar surface area (TPSA) is 42.1 Å². The summed E-state index contributed by atoms with van der Waals surface area (Å²) in [5.74, 6) is 0.196. The minimum Gasteiger partial charge on any atom is -0.495 e. The number of hydrogen-bond donors (Lipinski definition) is 1. The van der Waals surface area contributed by atoms with Gasteiger partial charge in [0, 0.05) is 17.0 Å². The number of fused-ring (bicyclic) bond motifs is 1. The zero-order valence-corrected chi connectivity index (χ0v) is 10.7. The minimum absolute atomic E-state index is 0.0316. The lowest BCUT2D eigenvalue weighted by atomic mass is 10.1. The largest absolute Gasteiger partial charge is 0.495 e. The van der Waals surface area contributed by atoms with Crippen LogP contribution in [0.5, 0.6) is 5.75 Å². The van der Waals surface area contributed by atoms with Gasteiger partial charge in [0.1, 0.15) is 11.4 Å². The van der Waals surface area contributed by atoms with Gasteiger partial charge in [-0.25, -0.2) is 0 Å². The molecule has 0 aliphatic heterocycles. The van der Waals surface area contributed by atoms with Gasteiger partial charge in [0.2, 0.25) is 0 Å². The molecule has 3 nitrogen and oxygen atoms in total. The second-order valence-electron chi connectivity index (χ2n) is 3.98. The van der Waals surface area contributed by atoms with E-state index in [9.17, 15) is 18.0 Å². The van der Waals surface area contributed by atoms with Crippen molar-refractivity contribution in [1.29, 1.82) is 0 Å². The average Bonchev–Trinajstić information content (AvgIpc) is 2.32. The highest BCUT2D eigenvalue weighted by Gasteiger charge is 2.35. The molecule has 0 saturated carbocycles. The molecule has 2 aromatic rings. The third-order valence-electron chi connectivity index (χ3n) is 2.80. The maximum absolute atomic E-state index is 12.8. The number of aromatic amines is 1. The summed E-state index contributed by atoms with van der Waals surface area (Å²) in [6.45, 7) is 1.12. The van der Waals surface area contributed by atoms with Gasteiger partial charge in [-0.05, 0) is 13.0 Å². The Morgan fingerprint density at radius 1 is 1.32 bits per heavy atom. The number of halogens is 4. The summed E-state index contributed by atoms with van der Waals surface area (Å²) in [5, 5.41) is 0.260. The van der Waals surface area contributed by atoms with Crippen molar-refractivity contribution in [2.24, 2.45) is 0 Å². The molecule has 2 rings (SSSR count). The molecule has 0 bridgehead atoms. The number of hydrogen-bond acceptors (Lipinski definition) is 2. The first-order valence-corrected chi connectivity index (χ1v) is 5.61.